The summed E-state index contributed by atoms with van der Waals surface area (Å²) in [5, 5.41) is 19.2. The van der Waals surface area contributed by atoms with E-state index in [0.29, 0.717) is 6.42 Å². The Hall–Kier alpha value is -1.63. The van der Waals surface area contributed by atoms with Crippen molar-refractivity contribution in [3.63, 3.8) is 0 Å². The van der Waals surface area contributed by atoms with Gasteiger partial charge >= 0.3 is 0 Å². The standard InChI is InChI=1S/C9H10N2O2/c1-6-3-8(5-10)9(11(12)13)4-7(6)2/h4,8H,3H2,1-2H3. The van der Waals surface area contributed by atoms with Crippen LogP contribution in [0, 0.1) is 27.4 Å². The van der Waals surface area contributed by atoms with Gasteiger partial charge in [-0.05, 0) is 25.8 Å². The maximum Gasteiger partial charge on any atom is 0.263 e. The Morgan fingerprint density at radius 3 is 2.77 bits per heavy atom. The van der Waals surface area contributed by atoms with Crippen LogP contribution in [0.4, 0.5) is 0 Å². The highest BCUT2D eigenvalue weighted by Gasteiger charge is 2.28. The van der Waals surface area contributed by atoms with Crippen molar-refractivity contribution in [3.05, 3.63) is 33.0 Å². The summed E-state index contributed by atoms with van der Waals surface area (Å²) in [5.74, 6) is -0.585. The molecule has 0 aromatic heterocycles. The third-order valence-electron chi connectivity index (χ3n) is 2.27. The second-order valence-electron chi connectivity index (χ2n) is 3.18. The minimum absolute atomic E-state index is 0.0191. The van der Waals surface area contributed by atoms with E-state index in [9.17, 15) is 10.1 Å². The first-order valence-corrected chi connectivity index (χ1v) is 3.98. The van der Waals surface area contributed by atoms with Crippen LogP contribution in [0.5, 0.6) is 0 Å². The average Bonchev–Trinajstić information content (AvgIpc) is 2.08. The fourth-order valence-corrected chi connectivity index (χ4v) is 1.31. The average molecular weight is 178 g/mol. The van der Waals surface area contributed by atoms with Crippen LogP contribution in [0.1, 0.15) is 20.3 Å². The second-order valence-corrected chi connectivity index (χ2v) is 3.18. The summed E-state index contributed by atoms with van der Waals surface area (Å²) in [5.41, 5.74) is 1.97. The highest BCUT2D eigenvalue weighted by molar-refractivity contribution is 5.32. The molecule has 13 heavy (non-hydrogen) atoms. The normalized spacial score (nSPS) is 22.2. The first kappa shape index (κ1) is 9.46. The molecule has 0 bridgehead atoms. The zero-order chi connectivity index (χ0) is 10.0. The molecule has 0 heterocycles. The number of allylic oxidation sites excluding steroid dienone is 4. The first-order chi connectivity index (χ1) is 6.06. The Bertz CT molecular complexity index is 347. The molecule has 0 N–H and O–H groups in total. The van der Waals surface area contributed by atoms with Crippen molar-refractivity contribution in [3.8, 4) is 6.07 Å². The molecule has 1 aliphatic carbocycles. The predicted octanol–water partition coefficient (Wildman–Crippen LogP) is 2.03. The van der Waals surface area contributed by atoms with Crippen LogP contribution in [-0.4, -0.2) is 4.92 Å². The highest BCUT2D eigenvalue weighted by Crippen LogP contribution is 2.28. The van der Waals surface area contributed by atoms with Gasteiger partial charge in [-0.2, -0.15) is 5.26 Å². The Morgan fingerprint density at radius 1 is 1.69 bits per heavy atom. The summed E-state index contributed by atoms with van der Waals surface area (Å²) in [6, 6.07) is 1.94. The summed E-state index contributed by atoms with van der Waals surface area (Å²) in [6.07, 6.45) is 1.97. The minimum Gasteiger partial charge on any atom is -0.259 e. The summed E-state index contributed by atoms with van der Waals surface area (Å²) in [7, 11) is 0. The van der Waals surface area contributed by atoms with Crippen molar-refractivity contribution < 1.29 is 4.92 Å². The molecular weight excluding hydrogens is 168 g/mol. The Morgan fingerprint density at radius 2 is 2.31 bits per heavy atom. The van der Waals surface area contributed by atoms with Gasteiger partial charge in [0.05, 0.1) is 11.0 Å². The van der Waals surface area contributed by atoms with Gasteiger partial charge in [-0.15, -0.1) is 0 Å². The van der Waals surface area contributed by atoms with E-state index in [1.165, 1.54) is 6.08 Å². The first-order valence-electron chi connectivity index (χ1n) is 3.98. The lowest BCUT2D eigenvalue weighted by Crippen LogP contribution is -2.14. The third kappa shape index (κ3) is 1.75. The van der Waals surface area contributed by atoms with Gasteiger partial charge in [0.1, 0.15) is 5.92 Å². The molecule has 4 nitrogen and oxygen atoms in total. The number of rotatable bonds is 1. The smallest absolute Gasteiger partial charge is 0.259 e. The summed E-state index contributed by atoms with van der Waals surface area (Å²) < 4.78 is 0. The predicted molar refractivity (Wildman–Crippen MR) is 47.2 cm³/mol. The molecule has 0 fully saturated rings. The monoisotopic (exact) mass is 178 g/mol. The molecule has 1 unspecified atom stereocenters. The molecule has 1 aliphatic rings. The van der Waals surface area contributed by atoms with E-state index in [-0.39, 0.29) is 5.70 Å². The fraction of sp³-hybridized carbons (Fsp3) is 0.444. The molecule has 4 heteroatoms. The quantitative estimate of drug-likeness (QED) is 0.455. The van der Waals surface area contributed by atoms with Gasteiger partial charge in [-0.25, -0.2) is 0 Å². The Labute approximate surface area is 76.3 Å². The van der Waals surface area contributed by atoms with E-state index in [2.05, 4.69) is 0 Å². The van der Waals surface area contributed by atoms with Crippen molar-refractivity contribution in [1.82, 2.24) is 0 Å². The third-order valence-corrected chi connectivity index (χ3v) is 2.27. The van der Waals surface area contributed by atoms with E-state index in [0.717, 1.165) is 11.1 Å². The molecule has 0 saturated carbocycles. The van der Waals surface area contributed by atoms with E-state index < -0.39 is 10.8 Å². The molecular formula is C9H10N2O2. The molecule has 0 saturated heterocycles. The van der Waals surface area contributed by atoms with Gasteiger partial charge in [0.2, 0.25) is 0 Å². The molecule has 1 rings (SSSR count). The zero-order valence-electron chi connectivity index (χ0n) is 7.57. The van der Waals surface area contributed by atoms with Crippen LogP contribution < -0.4 is 0 Å². The van der Waals surface area contributed by atoms with Gasteiger partial charge in [-0.3, -0.25) is 10.1 Å². The number of nitrogens with zero attached hydrogens (tertiary/aromatic N) is 2. The van der Waals surface area contributed by atoms with Crippen molar-refractivity contribution in [2.24, 2.45) is 5.92 Å². The van der Waals surface area contributed by atoms with Crippen molar-refractivity contribution in [1.29, 1.82) is 5.26 Å². The Kier molecular flexibility index (Phi) is 2.47. The van der Waals surface area contributed by atoms with E-state index in [1.54, 1.807) is 0 Å². The maximum atomic E-state index is 10.5. The van der Waals surface area contributed by atoms with E-state index in [4.69, 9.17) is 5.26 Å². The van der Waals surface area contributed by atoms with Gasteiger partial charge in [0.25, 0.3) is 5.70 Å². The van der Waals surface area contributed by atoms with E-state index >= 15 is 0 Å². The van der Waals surface area contributed by atoms with Gasteiger partial charge < -0.3 is 0 Å². The largest absolute Gasteiger partial charge is 0.263 e. The fourth-order valence-electron chi connectivity index (χ4n) is 1.31. The van der Waals surface area contributed by atoms with Crippen LogP contribution in [0.2, 0.25) is 0 Å². The minimum atomic E-state index is -0.585. The summed E-state index contributed by atoms with van der Waals surface area (Å²) >= 11 is 0. The summed E-state index contributed by atoms with van der Waals surface area (Å²) in [4.78, 5) is 10.1. The molecule has 0 spiro atoms. The van der Waals surface area contributed by atoms with E-state index in [1.807, 2.05) is 19.9 Å². The number of nitro groups is 1. The molecule has 1 atom stereocenters. The highest BCUT2D eigenvalue weighted by atomic mass is 16.6. The van der Waals surface area contributed by atoms with Crippen molar-refractivity contribution in [2.45, 2.75) is 20.3 Å². The van der Waals surface area contributed by atoms with Crippen molar-refractivity contribution >= 4 is 0 Å². The topological polar surface area (TPSA) is 66.9 Å². The molecule has 0 aromatic rings. The molecule has 0 aliphatic heterocycles. The maximum absolute atomic E-state index is 10.5. The molecule has 0 radical (unpaired) electrons. The lowest BCUT2D eigenvalue weighted by molar-refractivity contribution is -0.432. The lowest BCUT2D eigenvalue weighted by Gasteiger charge is -2.14. The van der Waals surface area contributed by atoms with Crippen LogP contribution in [0.25, 0.3) is 0 Å². The molecule has 0 aromatic carbocycles. The zero-order valence-corrected chi connectivity index (χ0v) is 7.57. The van der Waals surface area contributed by atoms with Gasteiger partial charge in [0.15, 0.2) is 0 Å². The van der Waals surface area contributed by atoms with Crippen molar-refractivity contribution in [2.75, 3.05) is 0 Å². The summed E-state index contributed by atoms with van der Waals surface area (Å²) in [6.45, 7) is 3.72. The number of nitriles is 1. The second kappa shape index (κ2) is 3.40. The van der Waals surface area contributed by atoms with Crippen LogP contribution in [-0.2, 0) is 0 Å². The number of hydrogen-bond donors (Lipinski definition) is 0. The van der Waals surface area contributed by atoms with Gasteiger partial charge in [-0.1, -0.05) is 5.57 Å². The van der Waals surface area contributed by atoms with Crippen LogP contribution >= 0.6 is 0 Å². The Balaban J connectivity index is 3.09. The number of hydrogen-bond acceptors (Lipinski definition) is 3. The SMILES string of the molecule is CC1=C(C)CC(C#N)C([N+](=O)[O-])=C1. The lowest BCUT2D eigenvalue weighted by atomic mass is 9.89. The molecule has 0 amide bonds. The molecule has 68 valence electrons. The van der Waals surface area contributed by atoms with Crippen LogP contribution in [0.15, 0.2) is 22.9 Å². The van der Waals surface area contributed by atoms with Crippen LogP contribution in [0.3, 0.4) is 0 Å². The van der Waals surface area contributed by atoms with Gasteiger partial charge in [0, 0.05) is 6.08 Å².